The van der Waals surface area contributed by atoms with Crippen molar-refractivity contribution in [1.82, 2.24) is 14.9 Å². The number of methoxy groups -OCH3 is 1. The Morgan fingerprint density at radius 2 is 1.84 bits per heavy atom. The molecule has 0 spiro atoms. The second-order valence-electron chi connectivity index (χ2n) is 11.0. The van der Waals surface area contributed by atoms with E-state index in [4.69, 9.17) is 14.2 Å². The molecule has 1 aliphatic rings. The Hall–Kier alpha value is -4.70. The zero-order chi connectivity index (χ0) is 31.4. The lowest BCUT2D eigenvalue weighted by Crippen LogP contribution is -2.35. The molecule has 0 bridgehead atoms. The van der Waals surface area contributed by atoms with Gasteiger partial charge in [0.1, 0.15) is 18.2 Å². The third kappa shape index (κ3) is 8.92. The summed E-state index contributed by atoms with van der Waals surface area (Å²) in [4.78, 5) is 26.4. The van der Waals surface area contributed by atoms with Crippen molar-refractivity contribution in [3.05, 3.63) is 102 Å². The van der Waals surface area contributed by atoms with Crippen LogP contribution in [0.15, 0.2) is 85.1 Å². The van der Waals surface area contributed by atoms with Gasteiger partial charge < -0.3 is 24.4 Å². The maximum Gasteiger partial charge on any atom is 0.416 e. The number of carbonyl (C=O) groups is 1. The molecule has 5 rings (SSSR count). The average Bonchev–Trinajstić information content (AvgIpc) is 3.08. The fourth-order valence-corrected chi connectivity index (χ4v) is 5.33. The van der Waals surface area contributed by atoms with Crippen molar-refractivity contribution in [3.63, 3.8) is 0 Å². The first-order valence-corrected chi connectivity index (χ1v) is 15.4. The van der Waals surface area contributed by atoms with Crippen molar-refractivity contribution in [2.45, 2.75) is 45.3 Å². The Morgan fingerprint density at radius 1 is 1.02 bits per heavy atom. The maximum atomic E-state index is 14.9. The molecule has 10 heteroatoms. The minimum Gasteiger partial charge on any atom is -0.497 e. The van der Waals surface area contributed by atoms with Gasteiger partial charge in [0, 0.05) is 24.5 Å². The van der Waals surface area contributed by atoms with E-state index >= 15 is 0 Å². The second-order valence-corrected chi connectivity index (χ2v) is 11.0. The van der Waals surface area contributed by atoms with Crippen molar-refractivity contribution in [3.8, 4) is 11.5 Å². The number of carbonyl (C=O) groups excluding carboxylic acids is 1. The van der Waals surface area contributed by atoms with E-state index in [0.717, 1.165) is 37.2 Å². The molecule has 0 aliphatic carbocycles. The van der Waals surface area contributed by atoms with Gasteiger partial charge >= 0.3 is 6.09 Å². The molecule has 4 aromatic rings. The van der Waals surface area contributed by atoms with E-state index in [2.05, 4.69) is 20.2 Å². The number of ether oxygens (including phenoxy) is 3. The number of nitrogens with one attached hydrogen (secondary N) is 1. The molecule has 2 heterocycles. The highest BCUT2D eigenvalue weighted by molar-refractivity contribution is 5.87. The van der Waals surface area contributed by atoms with Crippen LogP contribution in [0.25, 0.3) is 0 Å². The highest BCUT2D eigenvalue weighted by Gasteiger charge is 2.27. The summed E-state index contributed by atoms with van der Waals surface area (Å²) in [6, 6.07) is 22.9. The lowest BCUT2D eigenvalue weighted by molar-refractivity contribution is 0.144. The fourth-order valence-electron chi connectivity index (χ4n) is 5.33. The molecule has 236 valence electrons. The molecular formula is C35H40FN5O4. The minimum atomic E-state index is -0.577. The van der Waals surface area contributed by atoms with Gasteiger partial charge in [-0.1, -0.05) is 48.9 Å². The van der Waals surface area contributed by atoms with Gasteiger partial charge in [-0.3, -0.25) is 4.90 Å². The third-order valence-electron chi connectivity index (χ3n) is 7.76. The fraction of sp³-hybridized carbons (Fsp3) is 0.343. The molecule has 0 unspecified atom stereocenters. The number of rotatable bonds is 13. The summed E-state index contributed by atoms with van der Waals surface area (Å²) in [7, 11) is 1.59. The van der Waals surface area contributed by atoms with Crippen LogP contribution in [0.3, 0.4) is 0 Å². The molecule has 1 aromatic heterocycles. The van der Waals surface area contributed by atoms with Crippen LogP contribution < -0.4 is 19.7 Å². The number of likely N-dealkylation sites (tertiary alicyclic amines) is 1. The molecule has 0 radical (unpaired) electrons. The number of aromatic nitrogens is 2. The van der Waals surface area contributed by atoms with Gasteiger partial charge in [-0.15, -0.1) is 0 Å². The molecule has 45 heavy (non-hydrogen) atoms. The van der Waals surface area contributed by atoms with Gasteiger partial charge in [0.25, 0.3) is 0 Å². The highest BCUT2D eigenvalue weighted by Crippen LogP contribution is 2.29. The zero-order valence-electron chi connectivity index (χ0n) is 25.8. The first kappa shape index (κ1) is 31.7. The number of hydrogen-bond acceptors (Lipinski definition) is 8. The van der Waals surface area contributed by atoms with Crippen molar-refractivity contribution in [2.75, 3.05) is 43.6 Å². The van der Waals surface area contributed by atoms with Crippen molar-refractivity contribution in [1.29, 1.82) is 0 Å². The Kier molecular flexibility index (Phi) is 11.2. The van der Waals surface area contributed by atoms with Gasteiger partial charge in [0.15, 0.2) is 11.6 Å². The number of piperidine rings is 1. The number of halogens is 1. The molecule has 9 nitrogen and oxygen atoms in total. The van der Waals surface area contributed by atoms with Gasteiger partial charge in [-0.2, -0.15) is 4.98 Å². The van der Waals surface area contributed by atoms with Gasteiger partial charge in [-0.25, -0.2) is 14.2 Å². The molecule has 0 saturated carbocycles. The zero-order valence-corrected chi connectivity index (χ0v) is 25.8. The van der Waals surface area contributed by atoms with E-state index in [1.807, 2.05) is 61.5 Å². The second kappa shape index (κ2) is 15.9. The summed E-state index contributed by atoms with van der Waals surface area (Å²) < 4.78 is 31.7. The molecule has 1 atom stereocenters. The van der Waals surface area contributed by atoms with Crippen LogP contribution in [0.4, 0.5) is 26.6 Å². The number of amides is 1. The smallest absolute Gasteiger partial charge is 0.416 e. The molecule has 3 aromatic carbocycles. The first-order chi connectivity index (χ1) is 22.0. The van der Waals surface area contributed by atoms with Crippen molar-refractivity contribution >= 4 is 23.5 Å². The van der Waals surface area contributed by atoms with Crippen LogP contribution in [0.5, 0.6) is 11.5 Å². The molecule has 1 aliphatic heterocycles. The summed E-state index contributed by atoms with van der Waals surface area (Å²) in [6.07, 6.45) is 5.60. The van der Waals surface area contributed by atoms with Crippen molar-refractivity contribution in [2.24, 2.45) is 0 Å². The molecule has 1 N–H and O–H groups in total. The van der Waals surface area contributed by atoms with E-state index in [1.165, 1.54) is 30.2 Å². The van der Waals surface area contributed by atoms with E-state index < -0.39 is 18.0 Å². The normalized spacial score (nSPS) is 13.9. The maximum absolute atomic E-state index is 14.9. The van der Waals surface area contributed by atoms with Gasteiger partial charge in [-0.05, 0) is 80.7 Å². The topological polar surface area (TPSA) is 89.0 Å². The van der Waals surface area contributed by atoms with Crippen LogP contribution in [-0.2, 0) is 11.3 Å². The Balaban J connectivity index is 1.26. The summed E-state index contributed by atoms with van der Waals surface area (Å²) in [6.45, 7) is 5.63. The monoisotopic (exact) mass is 613 g/mol. The number of hydrogen-bond donors (Lipinski definition) is 1. The Labute approximate surface area is 264 Å². The summed E-state index contributed by atoms with van der Waals surface area (Å²) in [5.74, 6) is 0.931. The van der Waals surface area contributed by atoms with Crippen molar-refractivity contribution < 1.29 is 23.4 Å². The van der Waals surface area contributed by atoms with Crippen LogP contribution in [0, 0.1) is 5.82 Å². The van der Waals surface area contributed by atoms with Crippen LogP contribution in [0.1, 0.15) is 49.8 Å². The number of nitrogens with zero attached hydrogens (tertiary/aromatic N) is 4. The van der Waals surface area contributed by atoms with E-state index in [0.29, 0.717) is 23.9 Å². The standard InChI is InChI=1S/C35H40FN5O4/c1-26(28-12-5-3-6-13-28)41(35(42)45-25-27-11-9-14-30(23-27)43-2)33-17-18-37-34(39-33)38-29-15-16-32(31(36)24-29)44-22-10-21-40-19-7-4-8-20-40/h3,5-6,9,11-18,23-24,26H,4,7-8,10,19-22,25H2,1-2H3,(H,37,38,39)/t26-/m0/s1. The molecule has 1 fully saturated rings. The van der Waals surface area contributed by atoms with Crippen LogP contribution >= 0.6 is 0 Å². The van der Waals surface area contributed by atoms with Crippen LogP contribution in [0.2, 0.25) is 0 Å². The SMILES string of the molecule is COc1cccc(COC(=O)N(c2ccnc(Nc3ccc(OCCCN4CCCCC4)c(F)c3)n2)[C@@H](C)c2ccccc2)c1. The Bertz CT molecular complexity index is 1530. The quantitative estimate of drug-likeness (QED) is 0.155. The van der Waals surface area contributed by atoms with E-state index in [-0.39, 0.29) is 18.3 Å². The van der Waals surface area contributed by atoms with E-state index in [9.17, 15) is 9.18 Å². The predicted molar refractivity (Wildman–Crippen MR) is 173 cm³/mol. The average molecular weight is 614 g/mol. The van der Waals surface area contributed by atoms with E-state index in [1.54, 1.807) is 31.5 Å². The molecule has 1 amide bonds. The highest BCUT2D eigenvalue weighted by atomic mass is 19.1. The lowest BCUT2D eigenvalue weighted by Gasteiger charge is -2.28. The molecular weight excluding hydrogens is 573 g/mol. The predicted octanol–water partition coefficient (Wildman–Crippen LogP) is 7.53. The number of benzene rings is 3. The van der Waals surface area contributed by atoms with Crippen LogP contribution in [-0.4, -0.2) is 54.3 Å². The molecule has 1 saturated heterocycles. The lowest BCUT2D eigenvalue weighted by atomic mass is 10.1. The largest absolute Gasteiger partial charge is 0.497 e. The minimum absolute atomic E-state index is 0.0518. The number of anilines is 3. The first-order valence-electron chi connectivity index (χ1n) is 15.4. The summed E-state index contributed by atoms with van der Waals surface area (Å²) in [5.41, 5.74) is 2.14. The summed E-state index contributed by atoms with van der Waals surface area (Å²) >= 11 is 0. The summed E-state index contributed by atoms with van der Waals surface area (Å²) in [5, 5.41) is 3.05. The Morgan fingerprint density at radius 3 is 2.62 bits per heavy atom. The van der Waals surface area contributed by atoms with Gasteiger partial charge in [0.05, 0.1) is 19.8 Å². The third-order valence-corrected chi connectivity index (χ3v) is 7.76. The van der Waals surface area contributed by atoms with Gasteiger partial charge in [0.2, 0.25) is 5.95 Å².